The minimum Gasteiger partial charge on any atom is -0.465 e. The highest BCUT2D eigenvalue weighted by Crippen LogP contribution is 2.32. The van der Waals surface area contributed by atoms with Crippen LogP contribution in [0.1, 0.15) is 29.9 Å². The SMILES string of the molecule is Cc1c(N)ccc(C2CCN(C(=O)O)CC2)c1F. The first-order chi connectivity index (χ1) is 8.50. The third-order valence-corrected chi connectivity index (χ3v) is 3.66. The van der Waals surface area contributed by atoms with Gasteiger partial charge in [-0.25, -0.2) is 9.18 Å². The van der Waals surface area contributed by atoms with Crippen molar-refractivity contribution in [3.8, 4) is 0 Å². The number of carbonyl (C=O) groups is 1. The van der Waals surface area contributed by atoms with Gasteiger partial charge in [0.25, 0.3) is 0 Å². The summed E-state index contributed by atoms with van der Waals surface area (Å²) in [7, 11) is 0. The molecule has 1 aromatic rings. The molecule has 1 aliphatic rings. The van der Waals surface area contributed by atoms with Gasteiger partial charge in [-0.3, -0.25) is 0 Å². The summed E-state index contributed by atoms with van der Waals surface area (Å²) in [4.78, 5) is 12.2. The first-order valence-electron chi connectivity index (χ1n) is 6.03. The molecule has 0 spiro atoms. The van der Waals surface area contributed by atoms with Gasteiger partial charge in [-0.05, 0) is 37.3 Å². The smallest absolute Gasteiger partial charge is 0.407 e. The summed E-state index contributed by atoms with van der Waals surface area (Å²) >= 11 is 0. The number of rotatable bonds is 1. The zero-order valence-electron chi connectivity index (χ0n) is 10.3. The molecule has 1 aromatic carbocycles. The number of carboxylic acid groups (broad SMARTS) is 1. The van der Waals surface area contributed by atoms with Crippen molar-refractivity contribution in [1.29, 1.82) is 0 Å². The van der Waals surface area contributed by atoms with Gasteiger partial charge < -0.3 is 15.7 Å². The molecule has 1 heterocycles. The number of halogens is 1. The molecule has 18 heavy (non-hydrogen) atoms. The maximum absolute atomic E-state index is 14.1. The first kappa shape index (κ1) is 12.7. The van der Waals surface area contributed by atoms with E-state index in [-0.39, 0.29) is 11.7 Å². The normalized spacial score (nSPS) is 16.9. The van der Waals surface area contributed by atoms with Crippen LogP contribution in [0, 0.1) is 12.7 Å². The molecule has 1 aliphatic heterocycles. The second-order valence-electron chi connectivity index (χ2n) is 4.73. The van der Waals surface area contributed by atoms with Gasteiger partial charge >= 0.3 is 6.09 Å². The Morgan fingerprint density at radius 1 is 1.44 bits per heavy atom. The monoisotopic (exact) mass is 252 g/mol. The molecule has 1 fully saturated rings. The van der Waals surface area contributed by atoms with Crippen LogP contribution in [0.2, 0.25) is 0 Å². The number of anilines is 1. The van der Waals surface area contributed by atoms with Crippen LogP contribution in [0.25, 0.3) is 0 Å². The number of amides is 1. The largest absolute Gasteiger partial charge is 0.465 e. The summed E-state index contributed by atoms with van der Waals surface area (Å²) in [6.07, 6.45) is 0.418. The third-order valence-electron chi connectivity index (χ3n) is 3.66. The van der Waals surface area contributed by atoms with Crippen molar-refractivity contribution in [3.63, 3.8) is 0 Å². The fourth-order valence-corrected chi connectivity index (χ4v) is 2.42. The number of benzene rings is 1. The molecule has 0 aliphatic carbocycles. The Hall–Kier alpha value is -1.78. The number of nitrogens with two attached hydrogens (primary N) is 1. The fourth-order valence-electron chi connectivity index (χ4n) is 2.42. The van der Waals surface area contributed by atoms with Gasteiger partial charge in [0.1, 0.15) is 5.82 Å². The second kappa shape index (κ2) is 4.84. The van der Waals surface area contributed by atoms with E-state index in [1.54, 1.807) is 19.1 Å². The lowest BCUT2D eigenvalue weighted by molar-refractivity contribution is 0.132. The Balaban J connectivity index is 2.15. The maximum Gasteiger partial charge on any atom is 0.407 e. The van der Waals surface area contributed by atoms with Crippen molar-refractivity contribution < 1.29 is 14.3 Å². The van der Waals surface area contributed by atoms with Crippen LogP contribution >= 0.6 is 0 Å². The Labute approximate surface area is 105 Å². The highest BCUT2D eigenvalue weighted by atomic mass is 19.1. The van der Waals surface area contributed by atoms with Crippen molar-refractivity contribution in [2.45, 2.75) is 25.7 Å². The fraction of sp³-hybridized carbons (Fsp3) is 0.462. The Morgan fingerprint density at radius 3 is 2.61 bits per heavy atom. The highest BCUT2D eigenvalue weighted by molar-refractivity contribution is 5.65. The van der Waals surface area contributed by atoms with Crippen molar-refractivity contribution in [1.82, 2.24) is 4.90 Å². The lowest BCUT2D eigenvalue weighted by Crippen LogP contribution is -2.37. The average molecular weight is 252 g/mol. The predicted octanol–water partition coefficient (Wildman–Crippen LogP) is 2.57. The quantitative estimate of drug-likeness (QED) is 0.755. The molecule has 98 valence electrons. The second-order valence-corrected chi connectivity index (χ2v) is 4.73. The minimum atomic E-state index is -0.901. The van der Waals surface area contributed by atoms with Crippen molar-refractivity contribution >= 4 is 11.8 Å². The van der Waals surface area contributed by atoms with E-state index < -0.39 is 6.09 Å². The van der Waals surface area contributed by atoms with Gasteiger partial charge in [0.05, 0.1) is 0 Å². The standard InChI is InChI=1S/C13H17FN2O2/c1-8-11(15)3-2-10(12(8)14)9-4-6-16(7-5-9)13(17)18/h2-3,9H,4-7,15H2,1H3,(H,17,18). The van der Waals surface area contributed by atoms with Crippen LogP contribution in [0.5, 0.6) is 0 Å². The molecule has 4 nitrogen and oxygen atoms in total. The molecule has 0 unspecified atom stereocenters. The number of piperidine rings is 1. The van der Waals surface area contributed by atoms with Gasteiger partial charge in [0, 0.05) is 24.3 Å². The molecular formula is C13H17FN2O2. The topological polar surface area (TPSA) is 66.6 Å². The molecule has 0 atom stereocenters. The van der Waals surface area contributed by atoms with Gasteiger partial charge in [-0.2, -0.15) is 0 Å². The Bertz CT molecular complexity index is 468. The first-order valence-corrected chi connectivity index (χ1v) is 6.03. The van der Waals surface area contributed by atoms with Crippen molar-refractivity contribution in [2.24, 2.45) is 0 Å². The number of likely N-dealkylation sites (tertiary alicyclic amines) is 1. The molecule has 0 bridgehead atoms. The molecule has 1 amide bonds. The predicted molar refractivity (Wildman–Crippen MR) is 67.1 cm³/mol. The molecule has 2 rings (SSSR count). The van der Waals surface area contributed by atoms with Gasteiger partial charge in [0.2, 0.25) is 0 Å². The van der Waals surface area contributed by atoms with Crippen molar-refractivity contribution in [2.75, 3.05) is 18.8 Å². The third kappa shape index (κ3) is 2.25. The molecule has 3 N–H and O–H groups in total. The van der Waals surface area contributed by atoms with Gasteiger partial charge in [0.15, 0.2) is 0 Å². The van der Waals surface area contributed by atoms with Gasteiger partial charge in [-0.1, -0.05) is 6.07 Å². The van der Waals surface area contributed by atoms with Gasteiger partial charge in [-0.15, -0.1) is 0 Å². The van der Waals surface area contributed by atoms with Crippen LogP contribution in [0.4, 0.5) is 14.9 Å². The Morgan fingerprint density at radius 2 is 2.06 bits per heavy atom. The van der Waals surface area contributed by atoms with E-state index in [0.717, 1.165) is 0 Å². The van der Waals surface area contributed by atoms with Crippen LogP contribution in [0.3, 0.4) is 0 Å². The lowest BCUT2D eigenvalue weighted by atomic mass is 9.88. The van der Waals surface area contributed by atoms with E-state index in [4.69, 9.17) is 10.8 Å². The van der Waals surface area contributed by atoms with E-state index in [9.17, 15) is 9.18 Å². The highest BCUT2D eigenvalue weighted by Gasteiger charge is 2.25. The number of hydrogen-bond acceptors (Lipinski definition) is 2. The van der Waals surface area contributed by atoms with Crippen LogP contribution < -0.4 is 5.73 Å². The van der Waals surface area contributed by atoms with Crippen LogP contribution in [-0.2, 0) is 0 Å². The van der Waals surface area contributed by atoms with Crippen LogP contribution in [-0.4, -0.2) is 29.2 Å². The molecule has 0 saturated carbocycles. The summed E-state index contributed by atoms with van der Waals surface area (Å²) in [5.41, 5.74) is 7.25. The number of nitrogen functional groups attached to an aromatic ring is 1. The number of nitrogens with zero attached hydrogens (tertiary/aromatic N) is 1. The molecule has 0 radical (unpaired) electrons. The Kier molecular flexibility index (Phi) is 3.41. The lowest BCUT2D eigenvalue weighted by Gasteiger charge is -2.30. The van der Waals surface area contributed by atoms with E-state index in [0.29, 0.717) is 42.7 Å². The molecular weight excluding hydrogens is 235 g/mol. The summed E-state index contributed by atoms with van der Waals surface area (Å²) in [5, 5.41) is 8.87. The van der Waals surface area contributed by atoms with E-state index in [1.165, 1.54) is 4.90 Å². The molecule has 5 heteroatoms. The van der Waals surface area contributed by atoms with E-state index in [1.807, 2.05) is 0 Å². The zero-order chi connectivity index (χ0) is 13.3. The summed E-state index contributed by atoms with van der Waals surface area (Å²) < 4.78 is 14.1. The average Bonchev–Trinajstić information content (AvgIpc) is 2.36. The number of hydrogen-bond donors (Lipinski definition) is 2. The minimum absolute atomic E-state index is 0.0832. The van der Waals surface area contributed by atoms with E-state index >= 15 is 0 Å². The zero-order valence-corrected chi connectivity index (χ0v) is 10.3. The summed E-state index contributed by atoms with van der Waals surface area (Å²) in [6, 6.07) is 3.44. The van der Waals surface area contributed by atoms with Crippen LogP contribution in [0.15, 0.2) is 12.1 Å². The molecule has 1 saturated heterocycles. The summed E-state index contributed by atoms with van der Waals surface area (Å²) in [5.74, 6) is -0.163. The molecule has 0 aromatic heterocycles. The van der Waals surface area contributed by atoms with Crippen molar-refractivity contribution in [3.05, 3.63) is 29.1 Å². The maximum atomic E-state index is 14.1. The summed E-state index contributed by atoms with van der Waals surface area (Å²) in [6.45, 7) is 2.59. The van der Waals surface area contributed by atoms with E-state index in [2.05, 4.69) is 0 Å².